The number of halogens is 3. The van der Waals surface area contributed by atoms with Crippen LogP contribution in [0.5, 0.6) is 5.75 Å². The van der Waals surface area contributed by atoms with Gasteiger partial charge >= 0.3 is 6.61 Å². The van der Waals surface area contributed by atoms with Crippen LogP contribution in [0.1, 0.15) is 24.8 Å². The molecule has 1 aromatic carbocycles. The highest BCUT2D eigenvalue weighted by Gasteiger charge is 2.26. The average Bonchev–Trinajstić information content (AvgIpc) is 2.30. The van der Waals surface area contributed by atoms with E-state index in [1.165, 1.54) is 6.07 Å². The minimum atomic E-state index is -2.93. The van der Waals surface area contributed by atoms with Crippen molar-refractivity contribution in [1.29, 1.82) is 0 Å². The first kappa shape index (κ1) is 13.2. The Bertz CT molecular complexity index is 411. The van der Waals surface area contributed by atoms with Gasteiger partial charge < -0.3 is 10.1 Å². The Kier molecular flexibility index (Phi) is 4.11. The molecule has 5 heteroatoms. The molecule has 1 aliphatic rings. The molecular formula is C13H16F3NO. The number of piperidine rings is 1. The third kappa shape index (κ3) is 2.96. The summed E-state index contributed by atoms with van der Waals surface area (Å²) in [5.41, 5.74) is 0.672. The van der Waals surface area contributed by atoms with Crippen LogP contribution in [0.2, 0.25) is 0 Å². The predicted molar refractivity (Wildman–Crippen MR) is 62.4 cm³/mol. The molecule has 1 saturated heterocycles. The van der Waals surface area contributed by atoms with Crippen LogP contribution in [0.15, 0.2) is 18.2 Å². The fourth-order valence-electron chi connectivity index (χ4n) is 2.49. The summed E-state index contributed by atoms with van der Waals surface area (Å²) in [5.74, 6) is -0.162. The maximum absolute atomic E-state index is 13.1. The third-order valence-corrected chi connectivity index (χ3v) is 3.38. The topological polar surface area (TPSA) is 21.3 Å². The molecule has 0 saturated carbocycles. The van der Waals surface area contributed by atoms with Gasteiger partial charge in [0, 0.05) is 6.07 Å². The van der Waals surface area contributed by atoms with Gasteiger partial charge in [-0.15, -0.1) is 0 Å². The quantitative estimate of drug-likeness (QED) is 0.900. The van der Waals surface area contributed by atoms with E-state index in [2.05, 4.69) is 10.1 Å². The lowest BCUT2D eigenvalue weighted by Gasteiger charge is -2.31. The van der Waals surface area contributed by atoms with Crippen LogP contribution >= 0.6 is 0 Å². The van der Waals surface area contributed by atoms with Gasteiger partial charge in [-0.05, 0) is 43.0 Å². The Morgan fingerprint density at radius 3 is 2.83 bits per heavy atom. The van der Waals surface area contributed by atoms with Gasteiger partial charge in [-0.1, -0.05) is 13.0 Å². The monoisotopic (exact) mass is 259 g/mol. The molecule has 1 aliphatic heterocycles. The van der Waals surface area contributed by atoms with Crippen molar-refractivity contribution in [3.05, 3.63) is 29.6 Å². The summed E-state index contributed by atoms with van der Waals surface area (Å²) < 4.78 is 42.2. The molecule has 0 amide bonds. The first-order valence-corrected chi connectivity index (χ1v) is 6.03. The summed E-state index contributed by atoms with van der Waals surface area (Å²) in [6.45, 7) is 0.783. The minimum absolute atomic E-state index is 0.0382. The van der Waals surface area contributed by atoms with Crippen molar-refractivity contribution < 1.29 is 17.9 Å². The molecule has 18 heavy (non-hydrogen) atoms. The number of nitrogens with one attached hydrogen (secondary N) is 1. The van der Waals surface area contributed by atoms with E-state index in [9.17, 15) is 13.2 Å². The van der Waals surface area contributed by atoms with E-state index in [0.29, 0.717) is 11.5 Å². The second kappa shape index (κ2) is 5.61. The number of hydrogen-bond acceptors (Lipinski definition) is 2. The van der Waals surface area contributed by atoms with Gasteiger partial charge in [-0.25, -0.2) is 4.39 Å². The van der Waals surface area contributed by atoms with Crippen LogP contribution in [0, 0.1) is 11.7 Å². The zero-order chi connectivity index (χ0) is 13.1. The van der Waals surface area contributed by atoms with Crippen LogP contribution in [0.4, 0.5) is 13.2 Å². The molecule has 100 valence electrons. The Morgan fingerprint density at radius 1 is 1.39 bits per heavy atom. The highest BCUT2D eigenvalue weighted by atomic mass is 19.3. The van der Waals surface area contributed by atoms with Gasteiger partial charge in [0.2, 0.25) is 0 Å². The molecule has 0 aliphatic carbocycles. The Balaban J connectivity index is 2.30. The molecule has 0 radical (unpaired) electrons. The van der Waals surface area contributed by atoms with Crippen LogP contribution in [-0.4, -0.2) is 19.7 Å². The maximum atomic E-state index is 13.1. The number of rotatable bonds is 3. The SMILES string of the molecule is CC1CNCCC1c1ccc(F)cc1OC(F)F. The lowest BCUT2D eigenvalue weighted by atomic mass is 9.82. The van der Waals surface area contributed by atoms with Crippen molar-refractivity contribution in [3.8, 4) is 5.75 Å². The van der Waals surface area contributed by atoms with E-state index >= 15 is 0 Å². The summed E-state index contributed by atoms with van der Waals surface area (Å²) in [5, 5.41) is 3.24. The highest BCUT2D eigenvalue weighted by Crippen LogP contribution is 2.36. The standard InChI is InChI=1S/C13H16F3NO/c1-8-7-17-5-4-10(8)11-3-2-9(14)6-12(11)18-13(15)16/h2-3,6,8,10,13,17H,4-5,7H2,1H3. The second-order valence-corrected chi connectivity index (χ2v) is 4.64. The molecule has 2 rings (SSSR count). The van der Waals surface area contributed by atoms with E-state index in [-0.39, 0.29) is 11.7 Å². The van der Waals surface area contributed by atoms with Crippen LogP contribution in [0.3, 0.4) is 0 Å². The zero-order valence-electron chi connectivity index (χ0n) is 10.1. The largest absolute Gasteiger partial charge is 0.434 e. The van der Waals surface area contributed by atoms with Crippen molar-refractivity contribution in [3.63, 3.8) is 0 Å². The summed E-state index contributed by atoms with van der Waals surface area (Å²) in [6, 6.07) is 3.89. The van der Waals surface area contributed by atoms with Crippen molar-refractivity contribution in [2.45, 2.75) is 25.9 Å². The van der Waals surface area contributed by atoms with Crippen LogP contribution in [0.25, 0.3) is 0 Å². The first-order valence-electron chi connectivity index (χ1n) is 6.03. The molecular weight excluding hydrogens is 243 g/mol. The van der Waals surface area contributed by atoms with Gasteiger partial charge in [-0.3, -0.25) is 0 Å². The molecule has 2 atom stereocenters. The lowest BCUT2D eigenvalue weighted by Crippen LogP contribution is -2.34. The van der Waals surface area contributed by atoms with Crippen molar-refractivity contribution in [2.24, 2.45) is 5.92 Å². The maximum Gasteiger partial charge on any atom is 0.387 e. The van der Waals surface area contributed by atoms with Crippen molar-refractivity contribution in [1.82, 2.24) is 5.32 Å². The van der Waals surface area contributed by atoms with Gasteiger partial charge in [-0.2, -0.15) is 8.78 Å². The number of hydrogen-bond donors (Lipinski definition) is 1. The molecule has 2 unspecified atom stereocenters. The van der Waals surface area contributed by atoms with Gasteiger partial charge in [0.1, 0.15) is 11.6 Å². The van der Waals surface area contributed by atoms with E-state index in [0.717, 1.165) is 25.6 Å². The Morgan fingerprint density at radius 2 is 2.17 bits per heavy atom. The van der Waals surface area contributed by atoms with E-state index in [1.807, 2.05) is 6.92 Å². The van der Waals surface area contributed by atoms with E-state index in [1.54, 1.807) is 6.07 Å². The summed E-state index contributed by atoms with van der Waals surface area (Å²) in [7, 11) is 0. The zero-order valence-corrected chi connectivity index (χ0v) is 10.1. The number of alkyl halides is 2. The fourth-order valence-corrected chi connectivity index (χ4v) is 2.49. The number of ether oxygens (including phenoxy) is 1. The van der Waals surface area contributed by atoms with Crippen LogP contribution in [-0.2, 0) is 0 Å². The van der Waals surface area contributed by atoms with Gasteiger partial charge in [0.25, 0.3) is 0 Å². The van der Waals surface area contributed by atoms with Crippen LogP contribution < -0.4 is 10.1 Å². The highest BCUT2D eigenvalue weighted by molar-refractivity contribution is 5.37. The summed E-state index contributed by atoms with van der Waals surface area (Å²) in [6.07, 6.45) is 0.840. The molecule has 0 aromatic heterocycles. The lowest BCUT2D eigenvalue weighted by molar-refractivity contribution is -0.0510. The predicted octanol–water partition coefficient (Wildman–Crippen LogP) is 3.14. The molecule has 1 aromatic rings. The fraction of sp³-hybridized carbons (Fsp3) is 0.538. The third-order valence-electron chi connectivity index (χ3n) is 3.38. The molecule has 1 N–H and O–H groups in total. The second-order valence-electron chi connectivity index (χ2n) is 4.64. The summed E-state index contributed by atoms with van der Waals surface area (Å²) >= 11 is 0. The van der Waals surface area contributed by atoms with E-state index in [4.69, 9.17) is 0 Å². The minimum Gasteiger partial charge on any atom is -0.434 e. The molecule has 0 spiro atoms. The van der Waals surface area contributed by atoms with Crippen molar-refractivity contribution in [2.75, 3.05) is 13.1 Å². The van der Waals surface area contributed by atoms with Gasteiger partial charge in [0.15, 0.2) is 0 Å². The van der Waals surface area contributed by atoms with Gasteiger partial charge in [0.05, 0.1) is 0 Å². The van der Waals surface area contributed by atoms with Crippen molar-refractivity contribution >= 4 is 0 Å². The average molecular weight is 259 g/mol. The van der Waals surface area contributed by atoms with E-state index < -0.39 is 12.4 Å². The molecule has 1 heterocycles. The first-order chi connectivity index (χ1) is 8.58. The molecule has 0 bridgehead atoms. The normalized spacial score (nSPS) is 24.3. The number of benzene rings is 1. The Labute approximate surface area is 104 Å². The molecule has 2 nitrogen and oxygen atoms in total. The molecule has 1 fully saturated rings. The smallest absolute Gasteiger partial charge is 0.387 e. The Hall–Kier alpha value is -1.23. The summed E-state index contributed by atoms with van der Waals surface area (Å²) in [4.78, 5) is 0.